The van der Waals surface area contributed by atoms with Gasteiger partial charge >= 0.3 is 0 Å². The molecule has 0 aliphatic carbocycles. The van der Waals surface area contributed by atoms with Gasteiger partial charge in [0.05, 0.1) is 5.69 Å². The average Bonchev–Trinajstić information content (AvgIpc) is 2.41. The van der Waals surface area contributed by atoms with Crippen molar-refractivity contribution >= 4 is 17.1 Å². The van der Waals surface area contributed by atoms with E-state index in [4.69, 9.17) is 11.1 Å². The molecule has 1 heterocycles. The molecule has 0 saturated heterocycles. The van der Waals surface area contributed by atoms with Crippen LogP contribution >= 0.6 is 0 Å². The molecule has 0 radical (unpaired) electrons. The van der Waals surface area contributed by atoms with Crippen LogP contribution in [0.25, 0.3) is 5.57 Å². The Morgan fingerprint density at radius 1 is 1.47 bits per heavy atom. The normalized spacial score (nSPS) is 10.5. The fraction of sp³-hybridized carbons (Fsp3) is 0.375. The molecule has 0 aromatic carbocycles. The Bertz CT molecular complexity index is 490. The summed E-state index contributed by atoms with van der Waals surface area (Å²) in [7, 11) is 0. The number of nitrogen functional groups attached to an aromatic ring is 1. The third-order valence-electron chi connectivity index (χ3n) is 2.63. The van der Waals surface area contributed by atoms with Crippen LogP contribution in [-0.4, -0.2) is 10.7 Å². The summed E-state index contributed by atoms with van der Waals surface area (Å²) in [6.07, 6.45) is 2.62. The second-order valence-electron chi connectivity index (χ2n) is 3.94. The predicted octanol–water partition coefficient (Wildman–Crippen LogP) is 4.69. The standard InChI is InChI=1S/C14H19N3.C2H6.H2/c1-5-10(9(3)4)13-8-7-11(12(15)6-2)14(16)17-13;1-2;/h5,7-8,15H,3,6H2,1-2,4H3,(H2,16,17);1-2H3;1H/b10-5+,15-12?;;. The van der Waals surface area contributed by atoms with E-state index in [0.29, 0.717) is 23.5 Å². The molecule has 1 rings (SSSR count). The average molecular weight is 261 g/mol. The van der Waals surface area contributed by atoms with Crippen molar-refractivity contribution < 1.29 is 1.43 Å². The SMILES string of the molecule is C=C(C)/C(=C\C)c1ccc(C(=N)CC)c(N)n1.CC.[HH]. The van der Waals surface area contributed by atoms with E-state index < -0.39 is 0 Å². The molecule has 19 heavy (non-hydrogen) atoms. The summed E-state index contributed by atoms with van der Waals surface area (Å²) in [5, 5.41) is 7.77. The smallest absolute Gasteiger partial charge is 0.133 e. The molecule has 106 valence electrons. The molecule has 1 aromatic rings. The first-order valence-electron chi connectivity index (χ1n) is 6.68. The van der Waals surface area contributed by atoms with Gasteiger partial charge in [0.2, 0.25) is 0 Å². The van der Waals surface area contributed by atoms with Crippen molar-refractivity contribution in [3.05, 3.63) is 41.6 Å². The number of anilines is 1. The summed E-state index contributed by atoms with van der Waals surface area (Å²) >= 11 is 0. The van der Waals surface area contributed by atoms with E-state index in [-0.39, 0.29) is 1.43 Å². The molecular weight excluding hydrogens is 234 g/mol. The highest BCUT2D eigenvalue weighted by Gasteiger charge is 2.09. The summed E-state index contributed by atoms with van der Waals surface area (Å²) in [4.78, 5) is 4.34. The third-order valence-corrected chi connectivity index (χ3v) is 2.63. The minimum atomic E-state index is 0. The lowest BCUT2D eigenvalue weighted by atomic mass is 10.0. The first-order valence-corrected chi connectivity index (χ1v) is 6.68. The lowest BCUT2D eigenvalue weighted by Gasteiger charge is -2.10. The first-order chi connectivity index (χ1) is 9.01. The second-order valence-corrected chi connectivity index (χ2v) is 3.94. The van der Waals surface area contributed by atoms with Crippen molar-refractivity contribution in [3.63, 3.8) is 0 Å². The topological polar surface area (TPSA) is 62.8 Å². The highest BCUT2D eigenvalue weighted by molar-refractivity contribution is 6.02. The number of aromatic nitrogens is 1. The lowest BCUT2D eigenvalue weighted by Crippen LogP contribution is -2.06. The number of allylic oxidation sites excluding steroid dienone is 3. The Morgan fingerprint density at radius 3 is 2.42 bits per heavy atom. The molecule has 0 aliphatic rings. The molecule has 0 atom stereocenters. The van der Waals surface area contributed by atoms with Gasteiger partial charge in [-0.2, -0.15) is 0 Å². The highest BCUT2D eigenvalue weighted by Crippen LogP contribution is 2.22. The molecule has 0 saturated carbocycles. The maximum Gasteiger partial charge on any atom is 0.133 e. The summed E-state index contributed by atoms with van der Waals surface area (Å²) in [5.74, 6) is 0.412. The van der Waals surface area contributed by atoms with Crippen LogP contribution in [0.4, 0.5) is 5.82 Å². The van der Waals surface area contributed by atoms with Gasteiger partial charge in [-0.3, -0.25) is 0 Å². The van der Waals surface area contributed by atoms with Crippen molar-refractivity contribution in [2.45, 2.75) is 41.0 Å². The van der Waals surface area contributed by atoms with Crippen molar-refractivity contribution in [1.29, 1.82) is 5.41 Å². The number of nitrogens with one attached hydrogen (secondary N) is 1. The lowest BCUT2D eigenvalue weighted by molar-refractivity contribution is 1.21. The van der Waals surface area contributed by atoms with Crippen LogP contribution in [0, 0.1) is 5.41 Å². The molecule has 0 unspecified atom stereocenters. The van der Waals surface area contributed by atoms with Gasteiger partial charge in [0.1, 0.15) is 5.82 Å². The van der Waals surface area contributed by atoms with E-state index in [0.717, 1.165) is 16.8 Å². The molecule has 3 nitrogen and oxygen atoms in total. The van der Waals surface area contributed by atoms with Gasteiger partial charge in [-0.25, -0.2) is 4.98 Å². The summed E-state index contributed by atoms with van der Waals surface area (Å²) < 4.78 is 0. The van der Waals surface area contributed by atoms with Crippen LogP contribution in [0.3, 0.4) is 0 Å². The van der Waals surface area contributed by atoms with Crippen LogP contribution in [0.2, 0.25) is 0 Å². The summed E-state index contributed by atoms with van der Waals surface area (Å²) in [6, 6.07) is 3.75. The fourth-order valence-corrected chi connectivity index (χ4v) is 1.68. The second kappa shape index (κ2) is 8.25. The van der Waals surface area contributed by atoms with E-state index in [1.165, 1.54) is 0 Å². The monoisotopic (exact) mass is 261 g/mol. The molecule has 0 amide bonds. The molecule has 3 heteroatoms. The number of pyridine rings is 1. The fourth-order valence-electron chi connectivity index (χ4n) is 1.68. The van der Waals surface area contributed by atoms with Gasteiger partial charge in [-0.1, -0.05) is 33.4 Å². The molecular formula is C16H27N3. The minimum Gasteiger partial charge on any atom is -0.383 e. The maximum absolute atomic E-state index is 7.77. The Balaban J connectivity index is 0. The van der Waals surface area contributed by atoms with Crippen molar-refractivity contribution in [3.8, 4) is 0 Å². The van der Waals surface area contributed by atoms with Gasteiger partial charge in [-0.05, 0) is 43.5 Å². The van der Waals surface area contributed by atoms with E-state index in [1.54, 1.807) is 0 Å². The molecule has 1 aromatic heterocycles. The number of nitrogens with zero attached hydrogens (tertiary/aromatic N) is 1. The van der Waals surface area contributed by atoms with Crippen LogP contribution in [0.15, 0.2) is 30.4 Å². The van der Waals surface area contributed by atoms with Crippen LogP contribution in [-0.2, 0) is 0 Å². The van der Waals surface area contributed by atoms with Gasteiger partial charge in [0.25, 0.3) is 0 Å². The van der Waals surface area contributed by atoms with Gasteiger partial charge in [0, 0.05) is 12.7 Å². The zero-order valence-corrected chi connectivity index (χ0v) is 12.7. The quantitative estimate of drug-likeness (QED) is 0.610. The highest BCUT2D eigenvalue weighted by atomic mass is 14.8. The third kappa shape index (κ3) is 4.36. The largest absolute Gasteiger partial charge is 0.383 e. The molecule has 0 bridgehead atoms. The van der Waals surface area contributed by atoms with Gasteiger partial charge in [-0.15, -0.1) is 0 Å². The Labute approximate surface area is 118 Å². The van der Waals surface area contributed by atoms with Crippen molar-refractivity contribution in [2.24, 2.45) is 0 Å². The van der Waals surface area contributed by atoms with Crippen LogP contribution < -0.4 is 5.73 Å². The first kappa shape index (κ1) is 17.1. The van der Waals surface area contributed by atoms with E-state index >= 15 is 0 Å². The van der Waals surface area contributed by atoms with Crippen molar-refractivity contribution in [2.75, 3.05) is 5.73 Å². The number of hydrogen-bond donors (Lipinski definition) is 2. The van der Waals surface area contributed by atoms with E-state index in [2.05, 4.69) is 11.6 Å². The van der Waals surface area contributed by atoms with Gasteiger partial charge < -0.3 is 11.1 Å². The van der Waals surface area contributed by atoms with Crippen LogP contribution in [0.5, 0.6) is 0 Å². The summed E-state index contributed by atoms with van der Waals surface area (Å²) in [5.41, 5.74) is 9.87. The van der Waals surface area contributed by atoms with Crippen molar-refractivity contribution in [1.82, 2.24) is 4.98 Å². The Hall–Kier alpha value is -1.90. The Kier molecular flexibility index (Phi) is 7.42. The molecule has 0 fully saturated rings. The maximum atomic E-state index is 7.77. The van der Waals surface area contributed by atoms with E-state index in [1.807, 2.05) is 52.8 Å². The van der Waals surface area contributed by atoms with Gasteiger partial charge in [0.15, 0.2) is 0 Å². The number of hydrogen-bond acceptors (Lipinski definition) is 3. The molecule has 0 aliphatic heterocycles. The number of nitrogens with two attached hydrogens (primary N) is 1. The zero-order valence-electron chi connectivity index (χ0n) is 12.7. The number of rotatable bonds is 4. The van der Waals surface area contributed by atoms with E-state index in [9.17, 15) is 0 Å². The molecule has 3 N–H and O–H groups in total. The predicted molar refractivity (Wildman–Crippen MR) is 87.7 cm³/mol. The Morgan fingerprint density at radius 2 is 2.05 bits per heavy atom. The van der Waals surface area contributed by atoms with Crippen LogP contribution in [0.1, 0.15) is 53.7 Å². The zero-order chi connectivity index (χ0) is 15.0. The molecule has 0 spiro atoms. The summed E-state index contributed by atoms with van der Waals surface area (Å²) in [6.45, 7) is 13.7. The minimum absolute atomic E-state index is 0.